The van der Waals surface area contributed by atoms with E-state index in [1.165, 1.54) is 44.9 Å². The molecule has 0 spiro atoms. The molecule has 0 radical (unpaired) electrons. The van der Waals surface area contributed by atoms with Gasteiger partial charge in [-0.3, -0.25) is 4.79 Å². The first-order valence-corrected chi connectivity index (χ1v) is 8.09. The van der Waals surface area contributed by atoms with Crippen LogP contribution in [-0.2, 0) is 14.3 Å². The van der Waals surface area contributed by atoms with Crippen molar-refractivity contribution in [3.63, 3.8) is 0 Å². The molecular weight excluding hydrogens is 240 g/mol. The maximum Gasteiger partial charge on any atom is 0.309 e. The first-order valence-electron chi connectivity index (χ1n) is 8.09. The molecule has 0 unspecified atom stereocenters. The fourth-order valence-electron chi connectivity index (χ4n) is 2.46. The molecule has 1 rings (SSSR count). The third-order valence-corrected chi connectivity index (χ3v) is 3.80. The smallest absolute Gasteiger partial charge is 0.309 e. The van der Waals surface area contributed by atoms with E-state index < -0.39 is 0 Å². The molecule has 0 aromatic rings. The Morgan fingerprint density at radius 3 is 2.21 bits per heavy atom. The minimum absolute atomic E-state index is 0.00811. The lowest BCUT2D eigenvalue weighted by Crippen LogP contribution is -2.25. The average molecular weight is 270 g/mol. The standard InChI is InChI=1S/C16H30O3/c1-2-3-4-5-6-7-8-9-12-19-16(17)15-10-13-18-14-11-15/h15H,2-14H2,1H3. The SMILES string of the molecule is CCCCCCCCCCOC(=O)C1CCOCC1. The summed E-state index contributed by atoms with van der Waals surface area (Å²) in [4.78, 5) is 11.7. The average Bonchev–Trinajstić information content (AvgIpc) is 2.46. The monoisotopic (exact) mass is 270 g/mol. The van der Waals surface area contributed by atoms with Gasteiger partial charge in [0.2, 0.25) is 0 Å². The molecular formula is C16H30O3. The number of hydrogen-bond donors (Lipinski definition) is 0. The van der Waals surface area contributed by atoms with Crippen LogP contribution in [-0.4, -0.2) is 25.8 Å². The molecule has 19 heavy (non-hydrogen) atoms. The summed E-state index contributed by atoms with van der Waals surface area (Å²) in [5.41, 5.74) is 0. The van der Waals surface area contributed by atoms with Gasteiger partial charge in [0.15, 0.2) is 0 Å². The van der Waals surface area contributed by atoms with Gasteiger partial charge in [0, 0.05) is 13.2 Å². The second kappa shape index (κ2) is 11.3. The lowest BCUT2D eigenvalue weighted by atomic mass is 10.0. The van der Waals surface area contributed by atoms with Crippen molar-refractivity contribution in [1.29, 1.82) is 0 Å². The van der Waals surface area contributed by atoms with Gasteiger partial charge in [0.25, 0.3) is 0 Å². The molecule has 1 fully saturated rings. The third kappa shape index (κ3) is 8.25. The Bertz CT molecular complexity index is 222. The van der Waals surface area contributed by atoms with Gasteiger partial charge in [-0.25, -0.2) is 0 Å². The van der Waals surface area contributed by atoms with E-state index in [-0.39, 0.29) is 11.9 Å². The predicted octanol–water partition coefficient (Wildman–Crippen LogP) is 4.10. The van der Waals surface area contributed by atoms with Crippen molar-refractivity contribution in [1.82, 2.24) is 0 Å². The highest BCUT2D eigenvalue weighted by Gasteiger charge is 2.22. The van der Waals surface area contributed by atoms with Crippen LogP contribution in [0.25, 0.3) is 0 Å². The fraction of sp³-hybridized carbons (Fsp3) is 0.938. The molecule has 0 N–H and O–H groups in total. The molecule has 0 aromatic heterocycles. The zero-order valence-corrected chi connectivity index (χ0v) is 12.5. The van der Waals surface area contributed by atoms with Crippen molar-refractivity contribution in [2.24, 2.45) is 5.92 Å². The summed E-state index contributed by atoms with van der Waals surface area (Å²) >= 11 is 0. The Balaban J connectivity index is 1.86. The lowest BCUT2D eigenvalue weighted by molar-refractivity contribution is -0.151. The molecule has 0 aliphatic carbocycles. The topological polar surface area (TPSA) is 35.5 Å². The van der Waals surface area contributed by atoms with Gasteiger partial charge in [-0.05, 0) is 19.3 Å². The number of hydrogen-bond acceptors (Lipinski definition) is 3. The fourth-order valence-corrected chi connectivity index (χ4v) is 2.46. The van der Waals surface area contributed by atoms with Gasteiger partial charge >= 0.3 is 5.97 Å². The molecule has 0 aromatic carbocycles. The van der Waals surface area contributed by atoms with Crippen LogP contribution in [0.15, 0.2) is 0 Å². The summed E-state index contributed by atoms with van der Waals surface area (Å²) < 4.78 is 10.6. The lowest BCUT2D eigenvalue weighted by Gasteiger charge is -2.20. The van der Waals surface area contributed by atoms with Crippen LogP contribution in [0, 0.1) is 5.92 Å². The first kappa shape index (κ1) is 16.5. The van der Waals surface area contributed by atoms with E-state index >= 15 is 0 Å². The first-order chi connectivity index (χ1) is 9.34. The normalized spacial score (nSPS) is 16.5. The van der Waals surface area contributed by atoms with Crippen LogP contribution < -0.4 is 0 Å². The molecule has 3 nitrogen and oxygen atoms in total. The molecule has 112 valence electrons. The van der Waals surface area contributed by atoms with Crippen LogP contribution in [0.3, 0.4) is 0 Å². The predicted molar refractivity (Wildman–Crippen MR) is 77.1 cm³/mol. The Morgan fingerprint density at radius 1 is 1.00 bits per heavy atom. The van der Waals surface area contributed by atoms with Crippen LogP contribution in [0.2, 0.25) is 0 Å². The van der Waals surface area contributed by atoms with E-state index in [0.717, 1.165) is 19.3 Å². The van der Waals surface area contributed by atoms with Crippen molar-refractivity contribution < 1.29 is 14.3 Å². The van der Waals surface area contributed by atoms with E-state index in [2.05, 4.69) is 6.92 Å². The summed E-state index contributed by atoms with van der Waals surface area (Å²) in [5.74, 6) is 0.0778. The minimum Gasteiger partial charge on any atom is -0.465 e. The number of ether oxygens (including phenoxy) is 2. The summed E-state index contributed by atoms with van der Waals surface area (Å²) in [6.07, 6.45) is 11.9. The van der Waals surface area contributed by atoms with Crippen molar-refractivity contribution in [3.8, 4) is 0 Å². The van der Waals surface area contributed by atoms with Crippen LogP contribution in [0.1, 0.15) is 71.1 Å². The number of esters is 1. The van der Waals surface area contributed by atoms with Crippen molar-refractivity contribution in [2.45, 2.75) is 71.1 Å². The highest BCUT2D eigenvalue weighted by molar-refractivity contribution is 5.72. The molecule has 0 bridgehead atoms. The van der Waals surface area contributed by atoms with E-state index in [1.807, 2.05) is 0 Å². The number of carbonyl (C=O) groups excluding carboxylic acids is 1. The minimum atomic E-state index is -0.00811. The Morgan fingerprint density at radius 2 is 1.58 bits per heavy atom. The summed E-state index contributed by atoms with van der Waals surface area (Å²) in [6.45, 7) is 4.26. The van der Waals surface area contributed by atoms with Crippen molar-refractivity contribution >= 4 is 5.97 Å². The largest absolute Gasteiger partial charge is 0.465 e. The summed E-state index contributed by atoms with van der Waals surface area (Å²) in [6, 6.07) is 0. The van der Waals surface area contributed by atoms with E-state index in [4.69, 9.17) is 9.47 Å². The van der Waals surface area contributed by atoms with Crippen LogP contribution in [0.4, 0.5) is 0 Å². The van der Waals surface area contributed by atoms with Crippen molar-refractivity contribution in [3.05, 3.63) is 0 Å². The van der Waals surface area contributed by atoms with Gasteiger partial charge in [-0.2, -0.15) is 0 Å². The van der Waals surface area contributed by atoms with Gasteiger partial charge in [0.05, 0.1) is 12.5 Å². The highest BCUT2D eigenvalue weighted by Crippen LogP contribution is 2.16. The van der Waals surface area contributed by atoms with Gasteiger partial charge < -0.3 is 9.47 Å². The van der Waals surface area contributed by atoms with Gasteiger partial charge in [-0.15, -0.1) is 0 Å². The third-order valence-electron chi connectivity index (χ3n) is 3.80. The second-order valence-corrected chi connectivity index (χ2v) is 5.53. The Labute approximate surface area is 118 Å². The molecule has 0 atom stereocenters. The molecule has 1 aliphatic heterocycles. The van der Waals surface area contributed by atoms with Crippen LogP contribution >= 0.6 is 0 Å². The van der Waals surface area contributed by atoms with Crippen molar-refractivity contribution in [2.75, 3.05) is 19.8 Å². The quantitative estimate of drug-likeness (QED) is 0.443. The summed E-state index contributed by atoms with van der Waals surface area (Å²) in [5, 5.41) is 0. The van der Waals surface area contributed by atoms with Gasteiger partial charge in [-0.1, -0.05) is 51.9 Å². The zero-order chi connectivity index (χ0) is 13.8. The molecule has 0 saturated carbocycles. The number of rotatable bonds is 10. The molecule has 1 saturated heterocycles. The maximum atomic E-state index is 11.7. The molecule has 1 aliphatic rings. The molecule has 0 amide bonds. The maximum absolute atomic E-state index is 11.7. The number of carbonyl (C=O) groups is 1. The van der Waals surface area contributed by atoms with Gasteiger partial charge in [0.1, 0.15) is 0 Å². The zero-order valence-electron chi connectivity index (χ0n) is 12.5. The molecule has 3 heteroatoms. The molecule has 1 heterocycles. The summed E-state index contributed by atoms with van der Waals surface area (Å²) in [7, 11) is 0. The number of unbranched alkanes of at least 4 members (excludes halogenated alkanes) is 7. The van der Waals surface area contributed by atoms with E-state index in [0.29, 0.717) is 19.8 Å². The second-order valence-electron chi connectivity index (χ2n) is 5.53. The van der Waals surface area contributed by atoms with Crippen LogP contribution in [0.5, 0.6) is 0 Å². The van der Waals surface area contributed by atoms with E-state index in [9.17, 15) is 4.79 Å². The Hall–Kier alpha value is -0.570. The Kier molecular flexibility index (Phi) is 9.78. The highest BCUT2D eigenvalue weighted by atomic mass is 16.5. The van der Waals surface area contributed by atoms with E-state index in [1.54, 1.807) is 0 Å².